The predicted octanol–water partition coefficient (Wildman–Crippen LogP) is 3.30. The van der Waals surface area contributed by atoms with Crippen molar-refractivity contribution in [2.24, 2.45) is 5.92 Å². The summed E-state index contributed by atoms with van der Waals surface area (Å²) in [7, 11) is 6.02. The van der Waals surface area contributed by atoms with Crippen molar-refractivity contribution in [2.45, 2.75) is 38.1 Å². The molecule has 1 aromatic rings. The summed E-state index contributed by atoms with van der Waals surface area (Å²) in [5, 5.41) is 3.52. The molecule has 0 saturated heterocycles. The molecule has 0 amide bonds. The molecule has 0 heterocycles. The van der Waals surface area contributed by atoms with E-state index in [1.165, 1.54) is 37.8 Å². The molecular formula is C17H28N2O. The molecular weight excluding hydrogens is 248 g/mol. The van der Waals surface area contributed by atoms with Crippen LogP contribution in [0, 0.1) is 5.92 Å². The van der Waals surface area contributed by atoms with Crippen LogP contribution in [0.4, 0.5) is 5.69 Å². The van der Waals surface area contributed by atoms with Crippen LogP contribution < -0.4 is 15.0 Å². The molecule has 20 heavy (non-hydrogen) atoms. The molecule has 1 N–H and O–H groups in total. The molecule has 2 atom stereocenters. The second-order valence-electron chi connectivity index (χ2n) is 5.88. The van der Waals surface area contributed by atoms with Gasteiger partial charge in [0.1, 0.15) is 5.75 Å². The molecule has 0 radical (unpaired) electrons. The molecule has 112 valence electrons. The van der Waals surface area contributed by atoms with E-state index in [1.807, 2.05) is 6.07 Å². The zero-order valence-electron chi connectivity index (χ0n) is 13.1. The monoisotopic (exact) mass is 276 g/mol. The van der Waals surface area contributed by atoms with Gasteiger partial charge in [-0.05, 0) is 37.9 Å². The number of rotatable bonds is 5. The van der Waals surface area contributed by atoms with Gasteiger partial charge >= 0.3 is 0 Å². The second kappa shape index (κ2) is 7.53. The van der Waals surface area contributed by atoms with Gasteiger partial charge in [0, 0.05) is 31.4 Å². The molecule has 0 spiro atoms. The van der Waals surface area contributed by atoms with Crippen molar-refractivity contribution in [1.82, 2.24) is 5.32 Å². The van der Waals surface area contributed by atoms with Crippen molar-refractivity contribution in [3.05, 3.63) is 24.3 Å². The average Bonchev–Trinajstić information content (AvgIpc) is 2.72. The normalized spacial score (nSPS) is 23.1. The fourth-order valence-electron chi connectivity index (χ4n) is 3.29. The molecule has 1 aliphatic carbocycles. The summed E-state index contributed by atoms with van der Waals surface area (Å²) in [4.78, 5) is 2.36. The summed E-state index contributed by atoms with van der Waals surface area (Å²) >= 11 is 0. The number of benzene rings is 1. The molecule has 1 fully saturated rings. The Morgan fingerprint density at radius 3 is 2.80 bits per heavy atom. The molecule has 2 rings (SSSR count). The molecule has 0 bridgehead atoms. The Bertz CT molecular complexity index is 408. The van der Waals surface area contributed by atoms with Gasteiger partial charge in [-0.3, -0.25) is 0 Å². The van der Waals surface area contributed by atoms with Gasteiger partial charge in [0.05, 0.1) is 7.11 Å². The topological polar surface area (TPSA) is 24.5 Å². The van der Waals surface area contributed by atoms with Crippen LogP contribution >= 0.6 is 0 Å². The maximum absolute atomic E-state index is 5.32. The Labute approximate surface area is 123 Å². The minimum Gasteiger partial charge on any atom is -0.497 e. The van der Waals surface area contributed by atoms with E-state index >= 15 is 0 Å². The van der Waals surface area contributed by atoms with E-state index in [-0.39, 0.29) is 0 Å². The first kappa shape index (κ1) is 15.2. The van der Waals surface area contributed by atoms with Crippen molar-refractivity contribution in [3.8, 4) is 5.75 Å². The molecule has 3 nitrogen and oxygen atoms in total. The fraction of sp³-hybridized carbons (Fsp3) is 0.647. The van der Waals surface area contributed by atoms with Crippen LogP contribution in [-0.4, -0.2) is 33.8 Å². The van der Waals surface area contributed by atoms with Gasteiger partial charge in [0.2, 0.25) is 0 Å². The first-order chi connectivity index (χ1) is 9.74. The van der Waals surface area contributed by atoms with E-state index in [4.69, 9.17) is 4.74 Å². The Morgan fingerprint density at radius 2 is 2.05 bits per heavy atom. The second-order valence-corrected chi connectivity index (χ2v) is 5.88. The smallest absolute Gasteiger partial charge is 0.120 e. The zero-order chi connectivity index (χ0) is 14.4. The highest BCUT2D eigenvalue weighted by Crippen LogP contribution is 2.27. The number of nitrogens with zero attached hydrogens (tertiary/aromatic N) is 1. The quantitative estimate of drug-likeness (QED) is 0.835. The Hall–Kier alpha value is -1.22. The number of hydrogen-bond acceptors (Lipinski definition) is 3. The van der Waals surface area contributed by atoms with E-state index in [0.717, 1.165) is 18.2 Å². The van der Waals surface area contributed by atoms with E-state index in [1.54, 1.807) is 7.11 Å². The van der Waals surface area contributed by atoms with E-state index in [0.29, 0.717) is 6.04 Å². The van der Waals surface area contributed by atoms with Gasteiger partial charge in [-0.1, -0.05) is 25.3 Å². The number of ether oxygens (including phenoxy) is 1. The molecule has 1 aliphatic rings. The van der Waals surface area contributed by atoms with Gasteiger partial charge in [-0.2, -0.15) is 0 Å². The maximum Gasteiger partial charge on any atom is 0.120 e. The van der Waals surface area contributed by atoms with E-state index in [2.05, 4.69) is 42.5 Å². The van der Waals surface area contributed by atoms with Gasteiger partial charge in [-0.15, -0.1) is 0 Å². The largest absolute Gasteiger partial charge is 0.497 e. The van der Waals surface area contributed by atoms with Crippen LogP contribution in [0.2, 0.25) is 0 Å². The first-order valence-electron chi connectivity index (χ1n) is 7.77. The summed E-state index contributed by atoms with van der Waals surface area (Å²) in [6.45, 7) is 1.11. The van der Waals surface area contributed by atoms with Crippen LogP contribution in [0.3, 0.4) is 0 Å². The van der Waals surface area contributed by atoms with Crippen LogP contribution in [-0.2, 0) is 0 Å². The van der Waals surface area contributed by atoms with Gasteiger partial charge in [0.15, 0.2) is 0 Å². The van der Waals surface area contributed by atoms with Crippen molar-refractivity contribution in [3.63, 3.8) is 0 Å². The lowest BCUT2D eigenvalue weighted by atomic mass is 9.94. The van der Waals surface area contributed by atoms with Gasteiger partial charge < -0.3 is 15.0 Å². The summed E-state index contributed by atoms with van der Waals surface area (Å²) in [5.74, 6) is 1.67. The highest BCUT2D eigenvalue weighted by atomic mass is 16.5. The number of anilines is 1. The highest BCUT2D eigenvalue weighted by molar-refractivity contribution is 5.50. The average molecular weight is 276 g/mol. The first-order valence-corrected chi connectivity index (χ1v) is 7.77. The molecule has 2 unspecified atom stereocenters. The predicted molar refractivity (Wildman–Crippen MR) is 85.7 cm³/mol. The zero-order valence-corrected chi connectivity index (χ0v) is 13.1. The maximum atomic E-state index is 5.32. The third kappa shape index (κ3) is 3.89. The lowest BCUT2D eigenvalue weighted by Gasteiger charge is -2.30. The van der Waals surface area contributed by atoms with Crippen molar-refractivity contribution < 1.29 is 4.74 Å². The molecule has 1 saturated carbocycles. The third-order valence-electron chi connectivity index (χ3n) is 4.53. The molecule has 0 aliphatic heterocycles. The van der Waals surface area contributed by atoms with Crippen LogP contribution in [0.25, 0.3) is 0 Å². The Morgan fingerprint density at radius 1 is 1.25 bits per heavy atom. The summed E-state index contributed by atoms with van der Waals surface area (Å²) in [5.41, 5.74) is 1.24. The molecule has 0 aromatic heterocycles. The van der Waals surface area contributed by atoms with E-state index < -0.39 is 0 Å². The number of methoxy groups -OCH3 is 1. The standard InChI is InChI=1S/C17H28N2O/c1-18-17-11-6-4-5-8-14(17)13-19(2)15-9-7-10-16(12-15)20-3/h7,9-10,12,14,17-18H,4-6,8,11,13H2,1-3H3. The van der Waals surface area contributed by atoms with E-state index in [9.17, 15) is 0 Å². The third-order valence-corrected chi connectivity index (χ3v) is 4.53. The molecule has 3 heteroatoms. The minimum atomic E-state index is 0.658. The van der Waals surface area contributed by atoms with Crippen LogP contribution in [0.5, 0.6) is 5.75 Å². The lowest BCUT2D eigenvalue weighted by Crippen LogP contribution is -2.39. The summed E-state index contributed by atoms with van der Waals surface area (Å²) in [6, 6.07) is 9.00. The minimum absolute atomic E-state index is 0.658. The van der Waals surface area contributed by atoms with Crippen molar-refractivity contribution >= 4 is 5.69 Å². The Balaban J connectivity index is 2.02. The Kier molecular flexibility index (Phi) is 5.72. The van der Waals surface area contributed by atoms with Crippen molar-refractivity contribution in [2.75, 3.05) is 32.6 Å². The summed E-state index contributed by atoms with van der Waals surface area (Å²) in [6.07, 6.45) is 6.77. The van der Waals surface area contributed by atoms with Crippen LogP contribution in [0.1, 0.15) is 32.1 Å². The number of hydrogen-bond donors (Lipinski definition) is 1. The summed E-state index contributed by atoms with van der Waals surface area (Å²) < 4.78 is 5.32. The van der Waals surface area contributed by atoms with Crippen molar-refractivity contribution in [1.29, 1.82) is 0 Å². The van der Waals surface area contributed by atoms with Gasteiger partial charge in [-0.25, -0.2) is 0 Å². The van der Waals surface area contributed by atoms with Crippen LogP contribution in [0.15, 0.2) is 24.3 Å². The molecule has 1 aromatic carbocycles. The highest BCUT2D eigenvalue weighted by Gasteiger charge is 2.23. The van der Waals surface area contributed by atoms with Gasteiger partial charge in [0.25, 0.3) is 0 Å². The SMILES string of the molecule is CNC1CCCCCC1CN(C)c1cccc(OC)c1. The lowest BCUT2D eigenvalue weighted by molar-refractivity contribution is 0.355. The number of nitrogens with one attached hydrogen (secondary N) is 1. The fourth-order valence-corrected chi connectivity index (χ4v) is 3.29.